The number of thioether (sulfide) groups is 1. The predicted octanol–water partition coefficient (Wildman–Crippen LogP) is 2.92. The highest BCUT2D eigenvalue weighted by Gasteiger charge is 2.28. The Balaban J connectivity index is 1.31. The highest BCUT2D eigenvalue weighted by molar-refractivity contribution is 7.99. The van der Waals surface area contributed by atoms with Gasteiger partial charge in [-0.2, -0.15) is 0 Å². The first kappa shape index (κ1) is 19.8. The minimum Gasteiger partial charge on any atom is -0.361 e. The summed E-state index contributed by atoms with van der Waals surface area (Å²) in [5.41, 5.74) is 2.83. The number of benzene rings is 1. The molecule has 0 aliphatic carbocycles. The summed E-state index contributed by atoms with van der Waals surface area (Å²) in [6, 6.07) is 8.27. The summed E-state index contributed by atoms with van der Waals surface area (Å²) in [6.45, 7) is 5.86. The first-order chi connectivity index (χ1) is 14.0. The number of piperazine rings is 1. The Kier molecular flexibility index (Phi) is 5.80. The zero-order valence-electron chi connectivity index (χ0n) is 16.8. The van der Waals surface area contributed by atoms with Gasteiger partial charge in [-0.05, 0) is 31.9 Å². The van der Waals surface area contributed by atoms with E-state index >= 15 is 0 Å². The van der Waals surface area contributed by atoms with E-state index in [1.807, 2.05) is 47.5 Å². The van der Waals surface area contributed by atoms with Gasteiger partial charge in [0.15, 0.2) is 0 Å². The summed E-state index contributed by atoms with van der Waals surface area (Å²) in [7, 11) is 0. The van der Waals surface area contributed by atoms with Crippen LogP contribution in [0.1, 0.15) is 35.0 Å². The Morgan fingerprint density at radius 1 is 1.17 bits per heavy atom. The van der Waals surface area contributed by atoms with Gasteiger partial charge < -0.3 is 19.6 Å². The second-order valence-electron chi connectivity index (χ2n) is 7.52. The first-order valence-electron chi connectivity index (χ1n) is 9.99. The van der Waals surface area contributed by atoms with E-state index in [0.29, 0.717) is 38.4 Å². The third-order valence-electron chi connectivity index (χ3n) is 5.69. The molecule has 0 saturated carbocycles. The largest absolute Gasteiger partial charge is 0.361 e. The SMILES string of the molecule is Cc1noc(C)c1CC(=O)N1CCN(C(=O)NC2CCSc3ccccc32)CC1. The molecule has 1 aromatic heterocycles. The van der Waals surface area contributed by atoms with Crippen LogP contribution in [-0.2, 0) is 11.2 Å². The molecule has 4 rings (SSSR count). The van der Waals surface area contributed by atoms with E-state index in [1.165, 1.54) is 10.5 Å². The van der Waals surface area contributed by atoms with Crippen LogP contribution in [0.15, 0.2) is 33.7 Å². The molecule has 2 aliphatic heterocycles. The number of fused-ring (bicyclic) bond motifs is 1. The van der Waals surface area contributed by atoms with Gasteiger partial charge in [0.2, 0.25) is 5.91 Å². The number of hydrogen-bond donors (Lipinski definition) is 1. The van der Waals surface area contributed by atoms with Crippen LogP contribution in [0.5, 0.6) is 0 Å². The molecule has 2 aliphatic rings. The standard InChI is InChI=1S/C21H26N4O3S/c1-14-17(15(2)28-23-14)13-20(26)24-8-10-25(11-9-24)21(27)22-18-7-12-29-19-6-4-3-5-16(18)19/h3-6,18H,7-13H2,1-2H3,(H,22,27). The zero-order chi connectivity index (χ0) is 20.4. The molecule has 1 unspecified atom stereocenters. The van der Waals surface area contributed by atoms with Gasteiger partial charge in [-0.25, -0.2) is 4.79 Å². The molecule has 1 aromatic carbocycles. The van der Waals surface area contributed by atoms with Gasteiger partial charge in [-0.15, -0.1) is 11.8 Å². The summed E-state index contributed by atoms with van der Waals surface area (Å²) < 4.78 is 5.15. The lowest BCUT2D eigenvalue weighted by atomic mass is 10.0. The molecule has 154 valence electrons. The lowest BCUT2D eigenvalue weighted by Crippen LogP contribution is -2.54. The third-order valence-corrected chi connectivity index (χ3v) is 6.81. The van der Waals surface area contributed by atoms with Crippen molar-refractivity contribution < 1.29 is 14.1 Å². The molecule has 1 atom stereocenters. The lowest BCUT2D eigenvalue weighted by molar-refractivity contribution is -0.131. The van der Waals surface area contributed by atoms with Crippen molar-refractivity contribution in [2.75, 3.05) is 31.9 Å². The maximum Gasteiger partial charge on any atom is 0.318 e. The molecule has 7 nitrogen and oxygen atoms in total. The summed E-state index contributed by atoms with van der Waals surface area (Å²) in [5.74, 6) is 1.75. The van der Waals surface area contributed by atoms with Crippen LogP contribution in [0, 0.1) is 13.8 Å². The molecule has 8 heteroatoms. The molecule has 1 saturated heterocycles. The number of hydrogen-bond acceptors (Lipinski definition) is 5. The van der Waals surface area contributed by atoms with Crippen LogP contribution < -0.4 is 5.32 Å². The molecular formula is C21H26N4O3S. The van der Waals surface area contributed by atoms with E-state index in [2.05, 4.69) is 22.6 Å². The van der Waals surface area contributed by atoms with Crippen LogP contribution >= 0.6 is 11.8 Å². The fourth-order valence-electron chi connectivity index (χ4n) is 3.91. The van der Waals surface area contributed by atoms with Gasteiger partial charge in [0, 0.05) is 42.4 Å². The second-order valence-corrected chi connectivity index (χ2v) is 8.66. The van der Waals surface area contributed by atoms with Gasteiger partial charge >= 0.3 is 6.03 Å². The molecule has 3 amide bonds. The Morgan fingerprint density at radius 3 is 2.62 bits per heavy atom. The molecule has 0 bridgehead atoms. The maximum atomic E-state index is 12.8. The number of urea groups is 1. The summed E-state index contributed by atoms with van der Waals surface area (Å²) in [5, 5.41) is 7.10. The highest BCUT2D eigenvalue weighted by atomic mass is 32.2. The van der Waals surface area contributed by atoms with E-state index in [0.717, 1.165) is 23.4 Å². The van der Waals surface area contributed by atoms with Crippen LogP contribution in [0.2, 0.25) is 0 Å². The smallest absolute Gasteiger partial charge is 0.318 e. The van der Waals surface area contributed by atoms with E-state index in [4.69, 9.17) is 4.52 Å². The molecule has 1 fully saturated rings. The van der Waals surface area contributed by atoms with Gasteiger partial charge in [0.25, 0.3) is 0 Å². The van der Waals surface area contributed by atoms with Crippen LogP contribution in [-0.4, -0.2) is 58.8 Å². The van der Waals surface area contributed by atoms with Crippen molar-refractivity contribution in [1.29, 1.82) is 0 Å². The molecule has 2 aromatic rings. The second kappa shape index (κ2) is 8.49. The molecule has 1 N–H and O–H groups in total. The lowest BCUT2D eigenvalue weighted by Gasteiger charge is -2.36. The Morgan fingerprint density at radius 2 is 1.90 bits per heavy atom. The van der Waals surface area contributed by atoms with Gasteiger partial charge in [0.1, 0.15) is 5.76 Å². The van der Waals surface area contributed by atoms with Crippen molar-refractivity contribution in [3.05, 3.63) is 46.8 Å². The predicted molar refractivity (Wildman–Crippen MR) is 111 cm³/mol. The van der Waals surface area contributed by atoms with Gasteiger partial charge in [-0.1, -0.05) is 23.4 Å². The highest BCUT2D eigenvalue weighted by Crippen LogP contribution is 2.35. The third kappa shape index (κ3) is 4.27. The number of rotatable bonds is 3. The number of nitrogens with one attached hydrogen (secondary N) is 1. The van der Waals surface area contributed by atoms with Crippen LogP contribution in [0.4, 0.5) is 4.79 Å². The number of amides is 3. The summed E-state index contributed by atoms with van der Waals surface area (Å²) >= 11 is 1.84. The molecule has 0 radical (unpaired) electrons. The van der Waals surface area contributed by atoms with Crippen LogP contribution in [0.3, 0.4) is 0 Å². The minimum atomic E-state index is -0.0467. The van der Waals surface area contributed by atoms with Crippen LogP contribution in [0.25, 0.3) is 0 Å². The Hall–Kier alpha value is -2.48. The number of aromatic nitrogens is 1. The average Bonchev–Trinajstić information content (AvgIpc) is 3.06. The summed E-state index contributed by atoms with van der Waals surface area (Å²) in [4.78, 5) is 30.3. The minimum absolute atomic E-state index is 0.0467. The number of carbonyl (C=O) groups is 2. The normalized spacial score (nSPS) is 19.0. The van der Waals surface area contributed by atoms with Crippen molar-refractivity contribution >= 4 is 23.7 Å². The number of carbonyl (C=O) groups excluding carboxylic acids is 2. The average molecular weight is 415 g/mol. The monoisotopic (exact) mass is 414 g/mol. The van der Waals surface area contributed by atoms with E-state index in [9.17, 15) is 9.59 Å². The quantitative estimate of drug-likeness (QED) is 0.836. The molecule has 29 heavy (non-hydrogen) atoms. The molecule has 0 spiro atoms. The number of nitrogens with zero attached hydrogens (tertiary/aromatic N) is 3. The summed E-state index contributed by atoms with van der Waals surface area (Å²) in [6.07, 6.45) is 1.23. The Bertz CT molecular complexity index is 886. The molecule has 3 heterocycles. The zero-order valence-corrected chi connectivity index (χ0v) is 17.6. The van der Waals surface area contributed by atoms with Crippen molar-refractivity contribution in [1.82, 2.24) is 20.3 Å². The van der Waals surface area contributed by atoms with Gasteiger partial charge in [0.05, 0.1) is 18.2 Å². The fraction of sp³-hybridized carbons (Fsp3) is 0.476. The topological polar surface area (TPSA) is 78.7 Å². The van der Waals surface area contributed by atoms with Crippen molar-refractivity contribution in [2.24, 2.45) is 0 Å². The number of aryl methyl sites for hydroxylation is 2. The first-order valence-corrected chi connectivity index (χ1v) is 11.0. The van der Waals surface area contributed by atoms with Crippen molar-refractivity contribution in [3.8, 4) is 0 Å². The van der Waals surface area contributed by atoms with E-state index < -0.39 is 0 Å². The van der Waals surface area contributed by atoms with Crippen molar-refractivity contribution in [3.63, 3.8) is 0 Å². The van der Waals surface area contributed by atoms with E-state index in [-0.39, 0.29) is 18.0 Å². The van der Waals surface area contributed by atoms with Crippen molar-refractivity contribution in [2.45, 2.75) is 37.6 Å². The molecular weight excluding hydrogens is 388 g/mol. The Labute approximate surface area is 174 Å². The van der Waals surface area contributed by atoms with E-state index in [1.54, 1.807) is 0 Å². The fourth-order valence-corrected chi connectivity index (χ4v) is 5.03. The van der Waals surface area contributed by atoms with Gasteiger partial charge in [-0.3, -0.25) is 4.79 Å². The maximum absolute atomic E-state index is 12.8.